The third-order valence-electron chi connectivity index (χ3n) is 4.95. The highest BCUT2D eigenvalue weighted by Gasteiger charge is 2.31. The van der Waals surface area contributed by atoms with Crippen LogP contribution in [0.15, 0.2) is 81.4 Å². The van der Waals surface area contributed by atoms with Gasteiger partial charge in [0.2, 0.25) is 0 Å². The van der Waals surface area contributed by atoms with Gasteiger partial charge in [0.05, 0.1) is 12.7 Å². The maximum atomic E-state index is 13.1. The highest BCUT2D eigenvalue weighted by Crippen LogP contribution is 2.37. The van der Waals surface area contributed by atoms with Crippen molar-refractivity contribution in [3.63, 3.8) is 0 Å². The summed E-state index contributed by atoms with van der Waals surface area (Å²) in [5, 5.41) is 18.4. The average Bonchev–Trinajstić information content (AvgIpc) is 2.81. The van der Waals surface area contributed by atoms with E-state index in [-0.39, 0.29) is 24.7 Å². The van der Waals surface area contributed by atoms with Gasteiger partial charge in [0.15, 0.2) is 11.6 Å². The number of carbonyl (C=O) groups is 2. The molecule has 31 heavy (non-hydrogen) atoms. The van der Waals surface area contributed by atoms with Gasteiger partial charge in [0, 0.05) is 43.5 Å². The number of hydrogen-bond donors (Lipinski definition) is 3. The topological polar surface area (TPSA) is 86.6 Å². The Balaban J connectivity index is 1.57. The van der Waals surface area contributed by atoms with E-state index in [9.17, 15) is 14.7 Å². The molecular weight excluding hydrogens is 430 g/mol. The molecule has 3 N–H and O–H groups in total. The van der Waals surface area contributed by atoms with E-state index in [2.05, 4.69) is 10.6 Å². The molecule has 0 fully saturated rings. The van der Waals surface area contributed by atoms with Gasteiger partial charge >= 0.3 is 0 Å². The first-order valence-corrected chi connectivity index (χ1v) is 11.9. The van der Waals surface area contributed by atoms with Crippen molar-refractivity contribution in [3.05, 3.63) is 89.0 Å². The smallest absolute Gasteiger partial charge is 0.195 e. The van der Waals surface area contributed by atoms with E-state index >= 15 is 0 Å². The number of aliphatic hydroxyl groups excluding tert-OH is 2. The van der Waals surface area contributed by atoms with Crippen molar-refractivity contribution in [2.24, 2.45) is 0 Å². The van der Waals surface area contributed by atoms with Crippen LogP contribution >= 0.6 is 22.4 Å². The van der Waals surface area contributed by atoms with E-state index in [0.29, 0.717) is 22.3 Å². The molecule has 0 amide bonds. The standard InChI is InChI=1S/C24H21NO4S2/c1-31(25-13-15(27)14-26)17-11-9-16(10-12-17)30-21-8-4-7-20-22(21)24(29)19-6-3-2-5-18(19)23(20)28/h2-12,15,25-27H,1,13-14H2. The number of fused-ring (bicyclic) bond motifs is 2. The lowest BCUT2D eigenvalue weighted by atomic mass is 9.84. The third kappa shape index (κ3) is 4.42. The molecule has 0 aromatic heterocycles. The molecule has 0 radical (unpaired) electrons. The van der Waals surface area contributed by atoms with Crippen LogP contribution in [0.25, 0.3) is 0 Å². The minimum Gasteiger partial charge on any atom is -0.394 e. The van der Waals surface area contributed by atoms with E-state index in [1.807, 2.05) is 30.3 Å². The first-order chi connectivity index (χ1) is 15.0. The van der Waals surface area contributed by atoms with Crippen molar-refractivity contribution in [2.45, 2.75) is 20.8 Å². The molecule has 7 heteroatoms. The minimum absolute atomic E-state index is 0.125. The number of hydrogen-bond acceptors (Lipinski definition) is 6. The van der Waals surface area contributed by atoms with Gasteiger partial charge < -0.3 is 10.2 Å². The zero-order valence-electron chi connectivity index (χ0n) is 16.6. The quantitative estimate of drug-likeness (QED) is 0.373. The Kier molecular flexibility index (Phi) is 6.50. The Morgan fingerprint density at radius 2 is 1.55 bits per heavy atom. The molecule has 158 valence electrons. The first kappa shape index (κ1) is 21.7. The van der Waals surface area contributed by atoms with Crippen molar-refractivity contribution < 1.29 is 19.8 Å². The van der Waals surface area contributed by atoms with Crippen molar-refractivity contribution in [3.8, 4) is 0 Å². The van der Waals surface area contributed by atoms with Gasteiger partial charge in [-0.25, -0.2) is 0 Å². The van der Waals surface area contributed by atoms with E-state index in [1.165, 1.54) is 11.8 Å². The van der Waals surface area contributed by atoms with Crippen LogP contribution in [0.5, 0.6) is 0 Å². The Labute approximate surface area is 187 Å². The van der Waals surface area contributed by atoms with Gasteiger partial charge in [-0.3, -0.25) is 14.3 Å². The highest BCUT2D eigenvalue weighted by molar-refractivity contribution is 8.12. The van der Waals surface area contributed by atoms with Crippen molar-refractivity contribution in [2.75, 3.05) is 13.2 Å². The molecule has 1 aliphatic rings. The fourth-order valence-electron chi connectivity index (χ4n) is 3.34. The molecule has 5 nitrogen and oxygen atoms in total. The molecule has 3 aromatic rings. The van der Waals surface area contributed by atoms with E-state index in [4.69, 9.17) is 5.11 Å². The number of nitrogens with one attached hydrogen (secondary N) is 1. The maximum absolute atomic E-state index is 13.1. The molecular formula is C24H21NO4S2. The third-order valence-corrected chi connectivity index (χ3v) is 7.38. The second kappa shape index (κ2) is 9.30. The predicted molar refractivity (Wildman–Crippen MR) is 124 cm³/mol. The molecule has 0 bridgehead atoms. The van der Waals surface area contributed by atoms with E-state index in [0.717, 1.165) is 14.7 Å². The highest BCUT2D eigenvalue weighted by atomic mass is 32.2. The number of rotatable bonds is 7. The molecule has 2 atom stereocenters. The summed E-state index contributed by atoms with van der Waals surface area (Å²) in [5.41, 5.74) is 1.79. The lowest BCUT2D eigenvalue weighted by Gasteiger charge is -2.19. The maximum Gasteiger partial charge on any atom is 0.195 e. The fourth-order valence-corrected chi connectivity index (χ4v) is 5.34. The average molecular weight is 452 g/mol. The molecule has 0 saturated heterocycles. The van der Waals surface area contributed by atoms with Gasteiger partial charge in [0.1, 0.15) is 0 Å². The molecule has 0 saturated carbocycles. The largest absolute Gasteiger partial charge is 0.394 e. The summed E-state index contributed by atoms with van der Waals surface area (Å²) in [6, 6.07) is 20.1. The normalized spacial score (nSPS) is 14.6. The molecule has 2 unspecified atom stereocenters. The van der Waals surface area contributed by atoms with Crippen LogP contribution in [0.2, 0.25) is 0 Å². The van der Waals surface area contributed by atoms with Gasteiger partial charge in [0.25, 0.3) is 0 Å². The summed E-state index contributed by atoms with van der Waals surface area (Å²) >= 11 is 1.44. The van der Waals surface area contributed by atoms with Crippen LogP contribution in [-0.4, -0.2) is 46.9 Å². The molecule has 0 spiro atoms. The van der Waals surface area contributed by atoms with Crippen molar-refractivity contribution >= 4 is 39.9 Å². The molecule has 3 aromatic carbocycles. The van der Waals surface area contributed by atoms with E-state index < -0.39 is 16.8 Å². The van der Waals surface area contributed by atoms with Crippen LogP contribution < -0.4 is 4.72 Å². The predicted octanol–water partition coefficient (Wildman–Crippen LogP) is 3.53. The van der Waals surface area contributed by atoms with Crippen molar-refractivity contribution in [1.29, 1.82) is 0 Å². The molecule has 0 aliphatic heterocycles. The second-order valence-electron chi connectivity index (χ2n) is 7.03. The number of benzene rings is 3. The number of ketones is 2. The molecule has 1 aliphatic carbocycles. The second-order valence-corrected chi connectivity index (χ2v) is 9.69. The summed E-state index contributed by atoms with van der Waals surface area (Å²) in [5.74, 6) is 3.81. The Bertz CT molecular complexity index is 1170. The van der Waals surface area contributed by atoms with Gasteiger partial charge in [-0.15, -0.1) is 0 Å². The summed E-state index contributed by atoms with van der Waals surface area (Å²) < 4.78 is 3.10. The number of aliphatic hydroxyl groups is 2. The Morgan fingerprint density at radius 1 is 0.903 bits per heavy atom. The summed E-state index contributed by atoms with van der Waals surface area (Å²) in [6.45, 7) is -0.0414. The summed E-state index contributed by atoms with van der Waals surface area (Å²) in [6.07, 6.45) is -0.818. The minimum atomic E-state index is -0.818. The Hall–Kier alpha value is -2.55. The SMILES string of the molecule is C=S(NCC(O)CO)c1ccc(Sc2cccc3c2C(=O)c2ccccc2C3=O)cc1. The summed E-state index contributed by atoms with van der Waals surface area (Å²) in [4.78, 5) is 28.7. The van der Waals surface area contributed by atoms with Crippen LogP contribution in [0.3, 0.4) is 0 Å². The van der Waals surface area contributed by atoms with Gasteiger partial charge in [-0.2, -0.15) is 0 Å². The Morgan fingerprint density at radius 3 is 2.23 bits per heavy atom. The zero-order valence-corrected chi connectivity index (χ0v) is 18.2. The van der Waals surface area contributed by atoms with Crippen LogP contribution in [0, 0.1) is 0 Å². The summed E-state index contributed by atoms with van der Waals surface area (Å²) in [7, 11) is -0.527. The molecule has 4 rings (SSSR count). The van der Waals surface area contributed by atoms with Gasteiger partial charge in [-0.05, 0) is 30.3 Å². The molecule has 0 heterocycles. The van der Waals surface area contributed by atoms with Crippen molar-refractivity contribution in [1.82, 2.24) is 4.72 Å². The van der Waals surface area contributed by atoms with Crippen LogP contribution in [0.1, 0.15) is 31.8 Å². The van der Waals surface area contributed by atoms with E-state index in [1.54, 1.807) is 36.4 Å². The van der Waals surface area contributed by atoms with Crippen LogP contribution in [-0.2, 0) is 0 Å². The fraction of sp³-hybridized carbons (Fsp3) is 0.125. The zero-order chi connectivity index (χ0) is 22.0. The number of carbonyl (C=O) groups excluding carboxylic acids is 2. The first-order valence-electron chi connectivity index (χ1n) is 9.65. The lowest BCUT2D eigenvalue weighted by molar-refractivity contribution is 0.0977. The monoisotopic (exact) mass is 451 g/mol. The lowest BCUT2D eigenvalue weighted by Crippen LogP contribution is -2.26. The van der Waals surface area contributed by atoms with Gasteiger partial charge in [-0.1, -0.05) is 64.7 Å². The van der Waals surface area contributed by atoms with Crippen LogP contribution in [0.4, 0.5) is 0 Å².